The lowest BCUT2D eigenvalue weighted by Crippen LogP contribution is -2.31. The molecule has 6 atom stereocenters. The van der Waals surface area contributed by atoms with E-state index in [1.807, 2.05) is 25.2 Å². The van der Waals surface area contributed by atoms with Crippen LogP contribution < -0.4 is 0 Å². The second-order valence-electron chi connectivity index (χ2n) is 11.2. The topological polar surface area (TPSA) is 115 Å². The summed E-state index contributed by atoms with van der Waals surface area (Å²) >= 11 is 0. The highest BCUT2D eigenvalue weighted by Crippen LogP contribution is 2.30. The largest absolute Gasteiger partial charge is 0.459 e. The third-order valence-corrected chi connectivity index (χ3v) is 7.40. The number of fused-ring (bicyclic) bond motifs is 5. The molecule has 8 heteroatoms. The number of nitrogens with zero attached hydrogens (tertiary/aromatic N) is 2. The van der Waals surface area contributed by atoms with Crippen molar-refractivity contribution >= 4 is 12.0 Å². The lowest BCUT2D eigenvalue weighted by molar-refractivity contribution is -0.224. The maximum atomic E-state index is 12.7. The van der Waals surface area contributed by atoms with Crippen LogP contribution in [0.5, 0.6) is 0 Å². The number of esters is 1. The minimum Gasteiger partial charge on any atom is -0.459 e. The quantitative estimate of drug-likeness (QED) is 0.249. The van der Waals surface area contributed by atoms with Gasteiger partial charge < -0.3 is 23.7 Å². The standard InChI is InChI=1S/C32H44N2O6/c1-22-10-6-5-7-13-30(36)40-31(25(4)18-23(2)14-16-33)24(3)11-8-9-12-29-34-28(21-38-29)32-37-17-15-27(39-32)20-26(35)19-22/h7,9,12-14,21,24-27,31-32,35H,1,5-6,8,10-11,15,17-20H2,2-4H3/b12-9+,13-7-,23-14+/t24-,25-,26+,27-,31?,32-/m0/s1. The Morgan fingerprint density at radius 1 is 1.30 bits per heavy atom. The van der Waals surface area contributed by atoms with Gasteiger partial charge in [0.15, 0.2) is 0 Å². The molecule has 1 aromatic rings. The Hall–Kier alpha value is -2.99. The summed E-state index contributed by atoms with van der Waals surface area (Å²) in [5.41, 5.74) is 2.51. The van der Waals surface area contributed by atoms with Gasteiger partial charge in [0.2, 0.25) is 12.2 Å². The first kappa shape index (κ1) is 31.5. The molecule has 1 unspecified atom stereocenters. The van der Waals surface area contributed by atoms with Crippen molar-refractivity contribution in [2.75, 3.05) is 6.61 Å². The van der Waals surface area contributed by atoms with Crippen molar-refractivity contribution in [1.29, 1.82) is 5.26 Å². The number of nitriles is 1. The molecule has 0 saturated carbocycles. The lowest BCUT2D eigenvalue weighted by atomic mass is 9.86. The first-order valence-electron chi connectivity index (χ1n) is 14.4. The van der Waals surface area contributed by atoms with Gasteiger partial charge in [-0.15, -0.1) is 0 Å². The van der Waals surface area contributed by atoms with Gasteiger partial charge in [0.05, 0.1) is 24.9 Å². The molecule has 1 fully saturated rings. The number of oxazole rings is 1. The van der Waals surface area contributed by atoms with Gasteiger partial charge in [-0.2, -0.15) is 5.26 Å². The average Bonchev–Trinajstić information content (AvgIpc) is 3.38. The van der Waals surface area contributed by atoms with E-state index in [-0.39, 0.29) is 30.0 Å². The van der Waals surface area contributed by atoms with Gasteiger partial charge in [0.1, 0.15) is 18.1 Å². The number of aromatic nitrogens is 1. The molecule has 40 heavy (non-hydrogen) atoms. The van der Waals surface area contributed by atoms with Crippen molar-refractivity contribution in [3.05, 3.63) is 59.9 Å². The van der Waals surface area contributed by atoms with Gasteiger partial charge >= 0.3 is 5.97 Å². The van der Waals surface area contributed by atoms with E-state index in [1.54, 1.807) is 12.3 Å². The van der Waals surface area contributed by atoms with E-state index in [0.29, 0.717) is 43.9 Å². The summed E-state index contributed by atoms with van der Waals surface area (Å²) in [6, 6.07) is 2.08. The molecule has 0 spiro atoms. The van der Waals surface area contributed by atoms with Crippen molar-refractivity contribution < 1.29 is 28.5 Å². The fraction of sp³-hybridized carbons (Fsp3) is 0.594. The smallest absolute Gasteiger partial charge is 0.330 e. The molecule has 3 heterocycles. The van der Waals surface area contributed by atoms with Gasteiger partial charge in [-0.3, -0.25) is 0 Å². The number of carbonyl (C=O) groups excluding carboxylic acids is 1. The molecule has 1 saturated heterocycles. The summed E-state index contributed by atoms with van der Waals surface area (Å²) in [7, 11) is 0. The number of hydrogen-bond donors (Lipinski definition) is 1. The van der Waals surface area contributed by atoms with Crippen LogP contribution in [0.25, 0.3) is 6.08 Å². The highest BCUT2D eigenvalue weighted by Gasteiger charge is 2.29. The Bertz CT molecular complexity index is 1100. The molecule has 0 amide bonds. The van der Waals surface area contributed by atoms with E-state index in [9.17, 15) is 9.90 Å². The van der Waals surface area contributed by atoms with Crippen LogP contribution in [0.3, 0.4) is 0 Å². The van der Waals surface area contributed by atoms with Crippen LogP contribution in [0.4, 0.5) is 0 Å². The predicted octanol–water partition coefficient (Wildman–Crippen LogP) is 6.75. The van der Waals surface area contributed by atoms with Crippen LogP contribution in [0, 0.1) is 23.2 Å². The van der Waals surface area contributed by atoms with Crippen molar-refractivity contribution in [3.63, 3.8) is 0 Å². The second-order valence-corrected chi connectivity index (χ2v) is 11.2. The van der Waals surface area contributed by atoms with E-state index in [0.717, 1.165) is 43.3 Å². The number of aliphatic hydroxyl groups is 1. The van der Waals surface area contributed by atoms with Crippen molar-refractivity contribution in [2.24, 2.45) is 11.8 Å². The summed E-state index contributed by atoms with van der Waals surface area (Å²) in [6.07, 6.45) is 14.9. The molecular weight excluding hydrogens is 508 g/mol. The fourth-order valence-electron chi connectivity index (χ4n) is 5.34. The van der Waals surface area contributed by atoms with Crippen molar-refractivity contribution in [2.45, 2.75) is 103 Å². The molecule has 8 nitrogen and oxygen atoms in total. The number of allylic oxidation sites excluding steroid dienone is 4. The van der Waals surface area contributed by atoms with Crippen molar-refractivity contribution in [3.8, 4) is 6.07 Å². The average molecular weight is 553 g/mol. The molecule has 2 aliphatic heterocycles. The lowest BCUT2D eigenvalue weighted by Gasteiger charge is -2.30. The second kappa shape index (κ2) is 16.3. The molecule has 218 valence electrons. The minimum atomic E-state index is -0.621. The Morgan fingerprint density at radius 2 is 2.10 bits per heavy atom. The van der Waals surface area contributed by atoms with E-state index in [2.05, 4.69) is 31.5 Å². The Balaban J connectivity index is 1.73. The zero-order chi connectivity index (χ0) is 28.9. The minimum absolute atomic E-state index is 0.0544. The van der Waals surface area contributed by atoms with E-state index >= 15 is 0 Å². The highest BCUT2D eigenvalue weighted by atomic mass is 16.7. The van der Waals surface area contributed by atoms with Crippen LogP contribution >= 0.6 is 0 Å². The summed E-state index contributed by atoms with van der Waals surface area (Å²) < 4.78 is 23.4. The molecule has 0 aromatic carbocycles. The fourth-order valence-corrected chi connectivity index (χ4v) is 5.34. The van der Waals surface area contributed by atoms with Crippen LogP contribution in [-0.4, -0.2) is 41.0 Å². The van der Waals surface area contributed by atoms with E-state index in [1.165, 1.54) is 6.08 Å². The Labute approximate surface area is 238 Å². The third-order valence-electron chi connectivity index (χ3n) is 7.40. The van der Waals surface area contributed by atoms with Crippen LogP contribution in [0.15, 0.2) is 52.7 Å². The van der Waals surface area contributed by atoms with E-state index in [4.69, 9.17) is 23.9 Å². The van der Waals surface area contributed by atoms with E-state index < -0.39 is 12.4 Å². The number of carbonyl (C=O) groups is 1. The third kappa shape index (κ3) is 10.5. The number of hydrogen-bond acceptors (Lipinski definition) is 8. The van der Waals surface area contributed by atoms with Crippen molar-refractivity contribution in [1.82, 2.24) is 4.98 Å². The molecule has 4 bridgehead atoms. The molecular formula is C32H44N2O6. The highest BCUT2D eigenvalue weighted by molar-refractivity contribution is 5.82. The van der Waals surface area contributed by atoms with Crippen LogP contribution in [-0.2, 0) is 19.0 Å². The number of ether oxygens (including phenoxy) is 3. The Kier molecular flexibility index (Phi) is 12.9. The normalized spacial score (nSPS) is 30.5. The first-order valence-corrected chi connectivity index (χ1v) is 14.4. The van der Waals surface area contributed by atoms with Crippen LogP contribution in [0.2, 0.25) is 0 Å². The van der Waals surface area contributed by atoms with Gasteiger partial charge in [0.25, 0.3) is 0 Å². The predicted molar refractivity (Wildman–Crippen MR) is 153 cm³/mol. The molecule has 0 radical (unpaired) electrons. The molecule has 1 N–H and O–H groups in total. The maximum Gasteiger partial charge on any atom is 0.330 e. The number of aliphatic hydroxyl groups excluding tert-OH is 1. The molecule has 3 rings (SSSR count). The zero-order valence-electron chi connectivity index (χ0n) is 24.1. The SMILES string of the molecule is C=C1CCC/C=C\C(=O)OC([C@@H](C)C/C(C)=C/C#N)[C@@H](C)CC/C=C/c2nc(co2)[C@H]2OCC[C@@H](C[C@H](O)C1)O2. The number of cyclic esters (lactones) is 1. The summed E-state index contributed by atoms with van der Waals surface area (Å²) in [6.45, 7) is 10.7. The monoisotopic (exact) mass is 552 g/mol. The first-order chi connectivity index (χ1) is 19.2. The van der Waals surface area contributed by atoms with Gasteiger partial charge in [-0.05, 0) is 76.2 Å². The zero-order valence-corrected chi connectivity index (χ0v) is 24.1. The molecule has 2 aliphatic rings. The van der Waals surface area contributed by atoms with Crippen LogP contribution in [0.1, 0.15) is 96.4 Å². The maximum absolute atomic E-state index is 12.7. The Morgan fingerprint density at radius 3 is 2.90 bits per heavy atom. The summed E-state index contributed by atoms with van der Waals surface area (Å²) in [5.74, 6) is 0.267. The van der Waals surface area contributed by atoms with Gasteiger partial charge in [-0.1, -0.05) is 43.7 Å². The summed E-state index contributed by atoms with van der Waals surface area (Å²) in [5, 5.41) is 19.6. The molecule has 0 aliphatic carbocycles. The number of rotatable bonds is 3. The summed E-state index contributed by atoms with van der Waals surface area (Å²) in [4.78, 5) is 17.2. The molecule has 1 aromatic heterocycles. The van der Waals surface area contributed by atoms with Gasteiger partial charge in [-0.25, -0.2) is 9.78 Å². The van der Waals surface area contributed by atoms with Gasteiger partial charge in [0, 0.05) is 18.6 Å².